The van der Waals surface area contributed by atoms with Gasteiger partial charge in [-0.15, -0.1) is 11.3 Å². The van der Waals surface area contributed by atoms with Crippen LogP contribution in [0.5, 0.6) is 0 Å². The van der Waals surface area contributed by atoms with E-state index in [4.69, 9.17) is 0 Å². The lowest BCUT2D eigenvalue weighted by molar-refractivity contribution is -0.123. The number of thiazole rings is 1. The van der Waals surface area contributed by atoms with E-state index in [2.05, 4.69) is 25.7 Å². The Kier molecular flexibility index (Phi) is 6.69. The summed E-state index contributed by atoms with van der Waals surface area (Å²) in [6.07, 6.45) is -3.15. The van der Waals surface area contributed by atoms with Crippen LogP contribution in [0.4, 0.5) is 26.3 Å². The molecule has 3 atom stereocenters. The van der Waals surface area contributed by atoms with Crippen molar-refractivity contribution in [2.45, 2.75) is 50.2 Å². The van der Waals surface area contributed by atoms with E-state index in [1.54, 1.807) is 18.2 Å². The summed E-state index contributed by atoms with van der Waals surface area (Å²) in [5.41, 5.74) is 1.26. The molecule has 3 aromatic heterocycles. The van der Waals surface area contributed by atoms with Gasteiger partial charge in [0, 0.05) is 35.2 Å². The number of rotatable bonds is 8. The van der Waals surface area contributed by atoms with Crippen LogP contribution in [-0.4, -0.2) is 31.6 Å². The van der Waals surface area contributed by atoms with Gasteiger partial charge in [0.1, 0.15) is 34.6 Å². The maximum absolute atomic E-state index is 15.1. The quantitative estimate of drug-likeness (QED) is 0.189. The highest BCUT2D eigenvalue weighted by Gasteiger charge is 2.67. The van der Waals surface area contributed by atoms with E-state index in [0.717, 1.165) is 17.7 Å². The van der Waals surface area contributed by atoms with Gasteiger partial charge in [-0.3, -0.25) is 14.3 Å². The molecule has 0 unspecified atom stereocenters. The molecule has 8 nitrogen and oxygen atoms in total. The molecule has 5 aromatic rings. The van der Waals surface area contributed by atoms with Gasteiger partial charge in [-0.25, -0.2) is 27.5 Å². The first-order chi connectivity index (χ1) is 22.5. The Labute approximate surface area is 265 Å². The number of carbonyl (C=O) groups excluding carboxylic acids is 2. The van der Waals surface area contributed by atoms with E-state index in [1.165, 1.54) is 11.3 Å². The van der Waals surface area contributed by atoms with Crippen molar-refractivity contribution in [3.8, 4) is 10.6 Å². The predicted molar refractivity (Wildman–Crippen MR) is 157 cm³/mol. The summed E-state index contributed by atoms with van der Waals surface area (Å²) in [7, 11) is 0. The van der Waals surface area contributed by atoms with Gasteiger partial charge in [-0.05, 0) is 60.2 Å². The molecule has 0 radical (unpaired) electrons. The van der Waals surface area contributed by atoms with E-state index in [1.807, 2.05) is 12.1 Å². The monoisotopic (exact) mass is 668 g/mol. The SMILES string of the molecule is O=C(Cn1nc(C(F)F)c2c1C(F)(F)[C@@H]1C[C@H]21)N[C@@H](Cc1cc(F)cc(F)c1)c1ccc2sc(-c3ccc4c(c3)C(=O)NC4)nc2n1. The fourth-order valence-electron chi connectivity index (χ4n) is 6.64. The lowest BCUT2D eigenvalue weighted by Crippen LogP contribution is -2.35. The molecule has 1 saturated carbocycles. The molecular weight excluding hydrogens is 646 g/mol. The van der Waals surface area contributed by atoms with Crippen molar-refractivity contribution in [1.29, 1.82) is 0 Å². The van der Waals surface area contributed by atoms with Crippen LogP contribution in [0.25, 0.3) is 20.9 Å². The Morgan fingerprint density at radius 2 is 1.87 bits per heavy atom. The Morgan fingerprint density at radius 3 is 2.64 bits per heavy atom. The van der Waals surface area contributed by atoms with Gasteiger partial charge >= 0.3 is 0 Å². The zero-order valence-electron chi connectivity index (χ0n) is 24.0. The summed E-state index contributed by atoms with van der Waals surface area (Å²) in [4.78, 5) is 34.8. The molecule has 0 bridgehead atoms. The number of benzene rings is 2. The zero-order valence-corrected chi connectivity index (χ0v) is 24.9. The molecule has 3 aliphatic rings. The average Bonchev–Trinajstić information content (AvgIpc) is 3.25. The van der Waals surface area contributed by atoms with E-state index < -0.39 is 65.7 Å². The smallest absolute Gasteiger partial charge is 0.293 e. The van der Waals surface area contributed by atoms with Crippen LogP contribution in [0.2, 0.25) is 0 Å². The lowest BCUT2D eigenvalue weighted by atomic mass is 10.0. The average molecular weight is 669 g/mol. The predicted octanol–water partition coefficient (Wildman–Crippen LogP) is 6.32. The minimum atomic E-state index is -3.41. The van der Waals surface area contributed by atoms with E-state index in [9.17, 15) is 27.2 Å². The number of fused-ring (bicyclic) bond motifs is 5. The third kappa shape index (κ3) is 5.03. The number of nitrogens with zero attached hydrogens (tertiary/aromatic N) is 4. The molecule has 4 heterocycles. The Morgan fingerprint density at radius 1 is 1.09 bits per heavy atom. The number of hydrogen-bond donors (Lipinski definition) is 2. The van der Waals surface area contributed by atoms with Crippen LogP contribution in [0.15, 0.2) is 48.5 Å². The highest BCUT2D eigenvalue weighted by molar-refractivity contribution is 7.21. The molecular formula is C32H22F6N6O2S. The number of aromatic nitrogens is 4. The van der Waals surface area contributed by atoms with Crippen molar-refractivity contribution in [2.24, 2.45) is 5.92 Å². The van der Waals surface area contributed by atoms with Gasteiger partial charge in [0.05, 0.1) is 16.4 Å². The molecule has 47 heavy (non-hydrogen) atoms. The minimum Gasteiger partial charge on any atom is -0.348 e. The first-order valence-corrected chi connectivity index (χ1v) is 15.5. The molecule has 1 aliphatic heterocycles. The molecule has 0 saturated heterocycles. The first kappa shape index (κ1) is 29.6. The zero-order chi connectivity index (χ0) is 32.8. The van der Waals surface area contributed by atoms with Crippen LogP contribution in [-0.2, 0) is 30.2 Å². The number of pyridine rings is 1. The van der Waals surface area contributed by atoms with E-state index in [-0.39, 0.29) is 35.6 Å². The van der Waals surface area contributed by atoms with Crippen LogP contribution in [0.3, 0.4) is 0 Å². The number of carbonyl (C=O) groups is 2. The number of hydrogen-bond acceptors (Lipinski definition) is 6. The van der Waals surface area contributed by atoms with Crippen molar-refractivity contribution in [2.75, 3.05) is 0 Å². The Bertz CT molecular complexity index is 2110. The number of alkyl halides is 4. The maximum Gasteiger partial charge on any atom is 0.293 e. The fourth-order valence-corrected chi connectivity index (χ4v) is 7.55. The van der Waals surface area contributed by atoms with Gasteiger partial charge in [-0.1, -0.05) is 12.1 Å². The van der Waals surface area contributed by atoms with Crippen LogP contribution in [0.1, 0.15) is 68.9 Å². The van der Waals surface area contributed by atoms with Crippen LogP contribution < -0.4 is 10.6 Å². The van der Waals surface area contributed by atoms with Gasteiger partial charge in [0.25, 0.3) is 18.3 Å². The second kappa shape index (κ2) is 10.6. The molecule has 15 heteroatoms. The first-order valence-electron chi connectivity index (χ1n) is 14.7. The van der Waals surface area contributed by atoms with Gasteiger partial charge in [0.2, 0.25) is 5.91 Å². The highest BCUT2D eigenvalue weighted by atomic mass is 32.1. The fraction of sp³-hybridized carbons (Fsp3) is 0.281. The molecule has 2 aromatic carbocycles. The molecule has 1 fully saturated rings. The third-order valence-corrected chi connectivity index (χ3v) is 9.89. The summed E-state index contributed by atoms with van der Waals surface area (Å²) in [6, 6.07) is 10.6. The molecule has 2 N–H and O–H groups in total. The lowest BCUT2D eigenvalue weighted by Gasteiger charge is -2.20. The number of nitrogens with one attached hydrogen (secondary N) is 2. The third-order valence-electron chi connectivity index (χ3n) is 8.83. The highest BCUT2D eigenvalue weighted by Crippen LogP contribution is 2.68. The summed E-state index contributed by atoms with van der Waals surface area (Å²) in [5.74, 6) is -7.92. The topological polar surface area (TPSA) is 102 Å². The van der Waals surface area contributed by atoms with Crippen LogP contribution in [0, 0.1) is 17.6 Å². The number of halogens is 6. The second-order valence-corrected chi connectivity index (χ2v) is 12.9. The van der Waals surface area contributed by atoms with Crippen molar-refractivity contribution < 1.29 is 35.9 Å². The summed E-state index contributed by atoms with van der Waals surface area (Å²) >= 11 is 1.32. The summed E-state index contributed by atoms with van der Waals surface area (Å²) in [5, 5.41) is 9.74. The van der Waals surface area contributed by atoms with Crippen molar-refractivity contribution in [3.05, 3.63) is 99.5 Å². The van der Waals surface area contributed by atoms with Crippen molar-refractivity contribution in [3.63, 3.8) is 0 Å². The number of amides is 2. The Hall–Kier alpha value is -4.79. The van der Waals surface area contributed by atoms with Crippen molar-refractivity contribution in [1.82, 2.24) is 30.4 Å². The molecule has 2 aliphatic carbocycles. The largest absolute Gasteiger partial charge is 0.348 e. The van der Waals surface area contributed by atoms with E-state index >= 15 is 8.78 Å². The minimum absolute atomic E-state index is 0.0815. The molecule has 240 valence electrons. The van der Waals surface area contributed by atoms with Gasteiger partial charge in [0.15, 0.2) is 5.65 Å². The summed E-state index contributed by atoms with van der Waals surface area (Å²) in [6.45, 7) is -0.339. The van der Waals surface area contributed by atoms with Crippen molar-refractivity contribution >= 4 is 33.5 Å². The molecule has 8 rings (SSSR count). The summed E-state index contributed by atoms with van der Waals surface area (Å²) < 4.78 is 87.1. The van der Waals surface area contributed by atoms with Gasteiger partial charge < -0.3 is 10.6 Å². The standard InChI is InChI=1S/C32H22F6N6O2S/c33-16-5-13(6-17(34)9-16)7-22(40-24(45)12-44-27-25(26(43-44)28(35)36)19-10-20(19)32(27,37)38)21-3-4-23-29(41-21)42-31(47-23)14-1-2-15-11-39-30(46)18(15)8-14/h1-6,8-9,19-20,22,28H,7,10-12H2,(H,39,46)(H,40,45)/t19-,20+,22-/m0/s1. The maximum atomic E-state index is 15.1. The molecule has 0 spiro atoms. The van der Waals surface area contributed by atoms with Gasteiger partial charge in [-0.2, -0.15) is 13.9 Å². The Balaban J connectivity index is 1.11. The molecule has 2 amide bonds. The normalized spacial score (nSPS) is 19.4. The van der Waals surface area contributed by atoms with Crippen LogP contribution >= 0.6 is 11.3 Å². The van der Waals surface area contributed by atoms with E-state index in [0.29, 0.717) is 43.8 Å². The second-order valence-electron chi connectivity index (χ2n) is 11.9.